The Morgan fingerprint density at radius 3 is 2.90 bits per heavy atom. The highest BCUT2D eigenvalue weighted by molar-refractivity contribution is 5.68. The van der Waals surface area contributed by atoms with Crippen LogP contribution in [-0.2, 0) is 11.2 Å². The minimum absolute atomic E-state index is 0.185. The van der Waals surface area contributed by atoms with E-state index in [1.165, 1.54) is 49.8 Å². The molecule has 3 aliphatic rings. The van der Waals surface area contributed by atoms with E-state index in [2.05, 4.69) is 17.0 Å². The molecule has 1 unspecified atom stereocenters. The van der Waals surface area contributed by atoms with Crippen molar-refractivity contribution >= 4 is 11.4 Å². The molecule has 3 nitrogen and oxygen atoms in total. The maximum atomic E-state index is 6.26. The first kappa shape index (κ1) is 13.4. The van der Waals surface area contributed by atoms with E-state index in [-0.39, 0.29) is 5.60 Å². The first-order chi connectivity index (χ1) is 10.3. The van der Waals surface area contributed by atoms with Crippen molar-refractivity contribution in [3.05, 3.63) is 23.8 Å². The van der Waals surface area contributed by atoms with Crippen LogP contribution in [0, 0.1) is 0 Å². The molecule has 114 valence electrons. The maximum Gasteiger partial charge on any atom is 0.0702 e. The van der Waals surface area contributed by atoms with Crippen molar-refractivity contribution < 1.29 is 4.74 Å². The molecule has 2 heterocycles. The summed E-state index contributed by atoms with van der Waals surface area (Å²) in [6, 6.07) is 7.03. The summed E-state index contributed by atoms with van der Waals surface area (Å²) in [5, 5.41) is 0. The number of rotatable bonds is 1. The van der Waals surface area contributed by atoms with Crippen LogP contribution in [-0.4, -0.2) is 24.8 Å². The number of fused-ring (bicyclic) bond motifs is 1. The Kier molecular flexibility index (Phi) is 3.33. The van der Waals surface area contributed by atoms with Gasteiger partial charge < -0.3 is 15.4 Å². The van der Waals surface area contributed by atoms with Gasteiger partial charge in [0.2, 0.25) is 0 Å². The fourth-order valence-electron chi connectivity index (χ4n) is 4.68. The van der Waals surface area contributed by atoms with Crippen LogP contribution in [0.25, 0.3) is 0 Å². The Balaban J connectivity index is 1.56. The number of ether oxygens (including phenoxy) is 1. The van der Waals surface area contributed by atoms with Gasteiger partial charge in [-0.3, -0.25) is 0 Å². The molecule has 1 aliphatic carbocycles. The lowest BCUT2D eigenvalue weighted by Gasteiger charge is -2.46. The second-order valence-corrected chi connectivity index (χ2v) is 7.03. The first-order valence-electron chi connectivity index (χ1n) is 8.55. The highest BCUT2D eigenvalue weighted by atomic mass is 16.5. The molecular weight excluding hydrogens is 260 g/mol. The SMILES string of the molecule is Nc1cccc2c1CCN2C1CCOC2(CCCCC2)C1. The van der Waals surface area contributed by atoms with E-state index in [1.807, 2.05) is 6.07 Å². The van der Waals surface area contributed by atoms with E-state index < -0.39 is 0 Å². The summed E-state index contributed by atoms with van der Waals surface area (Å²) in [7, 11) is 0. The average Bonchev–Trinajstić information content (AvgIpc) is 2.93. The van der Waals surface area contributed by atoms with Crippen LogP contribution in [0.1, 0.15) is 50.5 Å². The van der Waals surface area contributed by atoms with E-state index >= 15 is 0 Å². The van der Waals surface area contributed by atoms with Gasteiger partial charge >= 0.3 is 0 Å². The summed E-state index contributed by atoms with van der Waals surface area (Å²) < 4.78 is 6.26. The van der Waals surface area contributed by atoms with Gasteiger partial charge in [-0.1, -0.05) is 25.3 Å². The molecule has 0 amide bonds. The molecule has 0 bridgehead atoms. The fourth-order valence-corrected chi connectivity index (χ4v) is 4.68. The molecule has 1 atom stereocenters. The van der Waals surface area contributed by atoms with Gasteiger partial charge in [-0.15, -0.1) is 0 Å². The van der Waals surface area contributed by atoms with Crippen LogP contribution in [0.4, 0.5) is 11.4 Å². The molecular formula is C18H26N2O. The van der Waals surface area contributed by atoms with Gasteiger partial charge in [0, 0.05) is 36.1 Å². The second kappa shape index (κ2) is 5.20. The molecule has 1 aromatic carbocycles. The van der Waals surface area contributed by atoms with E-state index in [0.717, 1.165) is 31.7 Å². The lowest BCUT2D eigenvalue weighted by molar-refractivity contribution is -0.105. The topological polar surface area (TPSA) is 38.5 Å². The Labute approximate surface area is 127 Å². The largest absolute Gasteiger partial charge is 0.398 e. The minimum Gasteiger partial charge on any atom is -0.398 e. The van der Waals surface area contributed by atoms with Gasteiger partial charge in [0.15, 0.2) is 0 Å². The Hall–Kier alpha value is -1.22. The highest BCUT2D eigenvalue weighted by Gasteiger charge is 2.41. The normalized spacial score (nSPS) is 27.8. The molecule has 1 saturated heterocycles. The monoisotopic (exact) mass is 286 g/mol. The second-order valence-electron chi connectivity index (χ2n) is 7.03. The number of nitrogens with two attached hydrogens (primary N) is 1. The van der Waals surface area contributed by atoms with Crippen LogP contribution in [0.15, 0.2) is 18.2 Å². The number of anilines is 2. The highest BCUT2D eigenvalue weighted by Crippen LogP contribution is 2.43. The zero-order valence-corrected chi connectivity index (χ0v) is 12.8. The molecule has 1 spiro atoms. The zero-order chi connectivity index (χ0) is 14.3. The molecule has 0 radical (unpaired) electrons. The van der Waals surface area contributed by atoms with Crippen molar-refractivity contribution in [2.45, 2.75) is 63.0 Å². The Morgan fingerprint density at radius 1 is 1.19 bits per heavy atom. The predicted octanol–water partition coefficient (Wildman–Crippen LogP) is 3.51. The van der Waals surface area contributed by atoms with Crippen molar-refractivity contribution in [3.8, 4) is 0 Å². The van der Waals surface area contributed by atoms with Crippen molar-refractivity contribution in [1.82, 2.24) is 0 Å². The van der Waals surface area contributed by atoms with Crippen molar-refractivity contribution in [2.24, 2.45) is 0 Å². The smallest absolute Gasteiger partial charge is 0.0702 e. The average molecular weight is 286 g/mol. The van der Waals surface area contributed by atoms with Crippen molar-refractivity contribution in [1.29, 1.82) is 0 Å². The molecule has 1 saturated carbocycles. The van der Waals surface area contributed by atoms with Gasteiger partial charge in [-0.25, -0.2) is 0 Å². The van der Waals surface area contributed by atoms with Crippen molar-refractivity contribution in [2.75, 3.05) is 23.8 Å². The fraction of sp³-hybridized carbons (Fsp3) is 0.667. The van der Waals surface area contributed by atoms with Crippen LogP contribution in [0.5, 0.6) is 0 Å². The predicted molar refractivity (Wildman–Crippen MR) is 86.7 cm³/mol. The lowest BCUT2D eigenvalue weighted by Crippen LogP contribution is -2.49. The number of hydrogen-bond donors (Lipinski definition) is 1. The molecule has 2 fully saturated rings. The number of benzene rings is 1. The van der Waals surface area contributed by atoms with E-state index in [4.69, 9.17) is 10.5 Å². The zero-order valence-electron chi connectivity index (χ0n) is 12.8. The molecule has 0 aromatic heterocycles. The summed E-state index contributed by atoms with van der Waals surface area (Å²) in [6.45, 7) is 2.06. The molecule has 4 rings (SSSR count). The van der Waals surface area contributed by atoms with Gasteiger partial charge in [-0.05, 0) is 44.2 Å². The van der Waals surface area contributed by atoms with Crippen LogP contribution < -0.4 is 10.6 Å². The Morgan fingerprint density at radius 2 is 2.05 bits per heavy atom. The quantitative estimate of drug-likeness (QED) is 0.803. The number of hydrogen-bond acceptors (Lipinski definition) is 3. The summed E-state index contributed by atoms with van der Waals surface area (Å²) in [4.78, 5) is 2.62. The van der Waals surface area contributed by atoms with E-state index in [9.17, 15) is 0 Å². The van der Waals surface area contributed by atoms with E-state index in [1.54, 1.807) is 0 Å². The Bertz CT molecular complexity index is 516. The number of nitrogens with zero attached hydrogens (tertiary/aromatic N) is 1. The third kappa shape index (κ3) is 2.32. The van der Waals surface area contributed by atoms with Crippen molar-refractivity contribution in [3.63, 3.8) is 0 Å². The summed E-state index contributed by atoms with van der Waals surface area (Å²) >= 11 is 0. The first-order valence-corrected chi connectivity index (χ1v) is 8.55. The summed E-state index contributed by atoms with van der Waals surface area (Å²) in [6.07, 6.45) is 10.1. The number of nitrogen functional groups attached to an aromatic ring is 1. The maximum absolute atomic E-state index is 6.26. The van der Waals surface area contributed by atoms with Crippen LogP contribution >= 0.6 is 0 Å². The molecule has 21 heavy (non-hydrogen) atoms. The van der Waals surface area contributed by atoms with Gasteiger partial charge in [-0.2, -0.15) is 0 Å². The molecule has 2 aliphatic heterocycles. The standard InChI is InChI=1S/C18H26N2O/c19-16-5-4-6-17-15(16)7-11-20(17)14-8-12-21-18(13-14)9-2-1-3-10-18/h4-6,14H,1-3,7-13,19H2. The minimum atomic E-state index is 0.185. The lowest BCUT2D eigenvalue weighted by atomic mass is 9.78. The third-order valence-corrected chi connectivity index (χ3v) is 5.77. The van der Waals surface area contributed by atoms with Gasteiger partial charge in [0.1, 0.15) is 0 Å². The molecule has 1 aromatic rings. The van der Waals surface area contributed by atoms with Gasteiger partial charge in [0.25, 0.3) is 0 Å². The van der Waals surface area contributed by atoms with E-state index in [0.29, 0.717) is 6.04 Å². The molecule has 2 N–H and O–H groups in total. The third-order valence-electron chi connectivity index (χ3n) is 5.77. The molecule has 3 heteroatoms. The summed E-state index contributed by atoms with van der Waals surface area (Å²) in [5.74, 6) is 0. The van der Waals surface area contributed by atoms with Gasteiger partial charge in [0.05, 0.1) is 5.60 Å². The van der Waals surface area contributed by atoms with Crippen LogP contribution in [0.2, 0.25) is 0 Å². The summed E-state index contributed by atoms with van der Waals surface area (Å²) in [5.41, 5.74) is 10.0. The van der Waals surface area contributed by atoms with Crippen LogP contribution in [0.3, 0.4) is 0 Å².